The van der Waals surface area contributed by atoms with Gasteiger partial charge in [0, 0.05) is 11.1 Å². The molecule has 30 heavy (non-hydrogen) atoms. The maximum Gasteiger partial charge on any atom is 0.339 e. The van der Waals surface area contributed by atoms with Crippen LogP contribution in [0.1, 0.15) is 31.8 Å². The maximum absolute atomic E-state index is 11.6. The molecule has 0 atom stereocenters. The number of aryl methyl sites for hydroxylation is 2. The molecule has 0 fully saturated rings. The van der Waals surface area contributed by atoms with Gasteiger partial charge in [-0.3, -0.25) is 0 Å². The van der Waals surface area contributed by atoms with Gasteiger partial charge < -0.3 is 20.4 Å². The third-order valence-electron chi connectivity index (χ3n) is 5.34. The van der Waals surface area contributed by atoms with Gasteiger partial charge in [-0.1, -0.05) is 48.5 Å². The number of carbonyl (C=O) groups is 2. The molecule has 4 aromatic carbocycles. The van der Waals surface area contributed by atoms with Gasteiger partial charge in [0.25, 0.3) is 0 Å². The molecule has 4 rings (SSSR count). The lowest BCUT2D eigenvalue weighted by Gasteiger charge is -2.15. The van der Waals surface area contributed by atoms with Gasteiger partial charge >= 0.3 is 11.9 Å². The second-order valence-electron chi connectivity index (χ2n) is 7.06. The second-order valence-corrected chi connectivity index (χ2v) is 7.06. The first-order valence-electron chi connectivity index (χ1n) is 9.32. The van der Waals surface area contributed by atoms with Crippen molar-refractivity contribution in [2.45, 2.75) is 12.8 Å². The van der Waals surface area contributed by atoms with Crippen molar-refractivity contribution in [3.05, 3.63) is 82.9 Å². The number of aromatic carboxylic acids is 2. The molecule has 0 unspecified atom stereocenters. The molecule has 0 aliphatic rings. The molecule has 0 amide bonds. The molecule has 6 heteroatoms. The van der Waals surface area contributed by atoms with E-state index in [4.69, 9.17) is 0 Å². The summed E-state index contributed by atoms with van der Waals surface area (Å²) in [5, 5.41) is 42.9. The first-order chi connectivity index (χ1) is 14.4. The highest BCUT2D eigenvalue weighted by molar-refractivity contribution is 6.01. The molecule has 6 nitrogen and oxygen atoms in total. The fourth-order valence-corrected chi connectivity index (χ4v) is 3.91. The topological polar surface area (TPSA) is 115 Å². The zero-order chi connectivity index (χ0) is 21.4. The van der Waals surface area contributed by atoms with Crippen molar-refractivity contribution in [3.8, 4) is 11.5 Å². The summed E-state index contributed by atoms with van der Waals surface area (Å²) in [4.78, 5) is 23.2. The van der Waals surface area contributed by atoms with E-state index in [1.54, 1.807) is 48.5 Å². The maximum atomic E-state index is 11.6. The number of hydrogen-bond donors (Lipinski definition) is 4. The van der Waals surface area contributed by atoms with E-state index in [0.29, 0.717) is 32.7 Å². The van der Waals surface area contributed by atoms with Crippen LogP contribution in [0.4, 0.5) is 0 Å². The highest BCUT2D eigenvalue weighted by Gasteiger charge is 2.20. The summed E-state index contributed by atoms with van der Waals surface area (Å²) in [5.74, 6) is -3.11. The van der Waals surface area contributed by atoms with E-state index in [1.165, 1.54) is 12.1 Å². The van der Waals surface area contributed by atoms with Crippen molar-refractivity contribution in [1.82, 2.24) is 0 Å². The van der Waals surface area contributed by atoms with E-state index in [-0.39, 0.29) is 35.5 Å². The van der Waals surface area contributed by atoms with Gasteiger partial charge in [0.05, 0.1) is 0 Å². The number of carboxylic acids is 2. The van der Waals surface area contributed by atoms with Crippen LogP contribution in [0.3, 0.4) is 0 Å². The summed E-state index contributed by atoms with van der Waals surface area (Å²) in [5.41, 5.74) is 0.485. The van der Waals surface area contributed by atoms with E-state index in [2.05, 4.69) is 0 Å². The van der Waals surface area contributed by atoms with Crippen LogP contribution in [0.15, 0.2) is 60.7 Å². The second kappa shape index (κ2) is 7.40. The average molecular weight is 402 g/mol. The van der Waals surface area contributed by atoms with Crippen molar-refractivity contribution < 1.29 is 30.0 Å². The quantitative estimate of drug-likeness (QED) is 0.388. The van der Waals surface area contributed by atoms with Gasteiger partial charge in [-0.2, -0.15) is 0 Å². The van der Waals surface area contributed by atoms with Gasteiger partial charge in [-0.25, -0.2) is 9.59 Å². The minimum Gasteiger partial charge on any atom is -0.507 e. The zero-order valence-electron chi connectivity index (χ0n) is 15.8. The molecule has 4 aromatic rings. The fourth-order valence-electron chi connectivity index (χ4n) is 3.91. The normalized spacial score (nSPS) is 11.1. The number of phenols is 2. The van der Waals surface area contributed by atoms with E-state index in [0.717, 1.165) is 0 Å². The minimum atomic E-state index is -1.24. The van der Waals surface area contributed by atoms with Crippen LogP contribution in [0, 0.1) is 0 Å². The average Bonchev–Trinajstić information content (AvgIpc) is 2.73. The molecule has 0 saturated heterocycles. The summed E-state index contributed by atoms with van der Waals surface area (Å²) < 4.78 is 0. The SMILES string of the molecule is O=C(O)c1cc2ccccc2c(CCc2c(O)c(C(=O)O)cc3ccccc23)c1O. The Morgan fingerprint density at radius 1 is 0.633 bits per heavy atom. The van der Waals surface area contributed by atoms with Gasteiger partial charge in [-0.05, 0) is 46.5 Å². The smallest absolute Gasteiger partial charge is 0.339 e. The van der Waals surface area contributed by atoms with Crippen molar-refractivity contribution >= 4 is 33.5 Å². The third kappa shape index (κ3) is 3.18. The standard InChI is InChI=1S/C24H18O6/c25-21-17(15-7-3-1-5-13(15)11-19(21)23(27)28)9-10-18-16-8-4-2-6-14(16)12-20(22(18)26)24(29)30/h1-8,11-12,25-26H,9-10H2,(H,27,28)(H,29,30). The molecular weight excluding hydrogens is 384 g/mol. The summed E-state index contributed by atoms with van der Waals surface area (Å²) in [7, 11) is 0. The first kappa shape index (κ1) is 19.3. The lowest BCUT2D eigenvalue weighted by atomic mass is 9.91. The van der Waals surface area contributed by atoms with Crippen LogP contribution in [0.5, 0.6) is 11.5 Å². The Morgan fingerprint density at radius 3 is 1.37 bits per heavy atom. The molecule has 0 bridgehead atoms. The largest absolute Gasteiger partial charge is 0.507 e. The molecule has 0 aliphatic heterocycles. The number of rotatable bonds is 5. The van der Waals surface area contributed by atoms with Crippen LogP contribution in [0.2, 0.25) is 0 Å². The van der Waals surface area contributed by atoms with Crippen LogP contribution < -0.4 is 0 Å². The number of hydrogen-bond acceptors (Lipinski definition) is 4. The molecule has 4 N–H and O–H groups in total. The fraction of sp³-hybridized carbons (Fsp3) is 0.0833. The van der Waals surface area contributed by atoms with Gasteiger partial charge in [0.15, 0.2) is 0 Å². The molecule has 0 aliphatic carbocycles. The predicted octanol–water partition coefficient (Wildman–Crippen LogP) is 4.59. The van der Waals surface area contributed by atoms with Crippen molar-refractivity contribution in [2.75, 3.05) is 0 Å². The molecule has 0 saturated carbocycles. The van der Waals surface area contributed by atoms with Crippen LogP contribution in [-0.4, -0.2) is 32.4 Å². The summed E-state index contributed by atoms with van der Waals surface area (Å²) in [6, 6.07) is 17.1. The Balaban J connectivity index is 1.87. The van der Waals surface area contributed by atoms with Crippen molar-refractivity contribution in [1.29, 1.82) is 0 Å². The van der Waals surface area contributed by atoms with E-state index in [1.807, 2.05) is 0 Å². The zero-order valence-corrected chi connectivity index (χ0v) is 15.8. The Labute approximate surface area is 171 Å². The molecule has 0 spiro atoms. The van der Waals surface area contributed by atoms with Crippen LogP contribution in [-0.2, 0) is 12.8 Å². The Kier molecular flexibility index (Phi) is 4.75. The summed E-state index contributed by atoms with van der Waals surface area (Å²) in [6.45, 7) is 0. The van der Waals surface area contributed by atoms with Crippen molar-refractivity contribution in [2.24, 2.45) is 0 Å². The lowest BCUT2D eigenvalue weighted by molar-refractivity contribution is 0.0682. The Bertz CT molecular complexity index is 1220. The van der Waals surface area contributed by atoms with Gasteiger partial charge in [0.1, 0.15) is 22.6 Å². The Hall–Kier alpha value is -4.06. The number of benzene rings is 4. The summed E-state index contributed by atoms with van der Waals surface area (Å²) >= 11 is 0. The monoisotopic (exact) mass is 402 g/mol. The molecule has 150 valence electrons. The number of carboxylic acid groups (broad SMARTS) is 2. The highest BCUT2D eigenvalue weighted by atomic mass is 16.4. The Morgan fingerprint density at radius 2 is 1.00 bits per heavy atom. The van der Waals surface area contributed by atoms with E-state index >= 15 is 0 Å². The van der Waals surface area contributed by atoms with Gasteiger partial charge in [-0.15, -0.1) is 0 Å². The minimum absolute atomic E-state index is 0.197. The first-order valence-corrected chi connectivity index (χ1v) is 9.32. The molecular formula is C24H18O6. The predicted molar refractivity (Wildman–Crippen MR) is 113 cm³/mol. The lowest BCUT2D eigenvalue weighted by Crippen LogP contribution is -2.04. The highest BCUT2D eigenvalue weighted by Crippen LogP contribution is 2.36. The van der Waals surface area contributed by atoms with Gasteiger partial charge in [0.2, 0.25) is 0 Å². The number of fused-ring (bicyclic) bond motifs is 2. The molecule has 0 aromatic heterocycles. The van der Waals surface area contributed by atoms with Crippen LogP contribution in [0.25, 0.3) is 21.5 Å². The molecule has 0 heterocycles. The van der Waals surface area contributed by atoms with Crippen molar-refractivity contribution in [3.63, 3.8) is 0 Å². The summed E-state index contributed by atoms with van der Waals surface area (Å²) in [6.07, 6.45) is 0.433. The number of aromatic hydroxyl groups is 2. The molecule has 0 radical (unpaired) electrons. The van der Waals surface area contributed by atoms with Crippen LogP contribution >= 0.6 is 0 Å². The van der Waals surface area contributed by atoms with E-state index in [9.17, 15) is 30.0 Å². The van der Waals surface area contributed by atoms with E-state index < -0.39 is 11.9 Å². The third-order valence-corrected chi connectivity index (χ3v) is 5.34.